The molecule has 37 valence electrons. The summed E-state index contributed by atoms with van der Waals surface area (Å²) >= 11 is 0. The molecule has 0 aliphatic rings. The average Bonchev–Trinajstić information content (AvgIpc) is 1.38. The third-order valence-electron chi connectivity index (χ3n) is 0.365. The number of hydrogen-bond donors (Lipinski definition) is 1. The summed E-state index contributed by atoms with van der Waals surface area (Å²) in [6.45, 7) is 4.25. The molecular formula is C4H10OSb. The maximum atomic E-state index is 8.14. The van der Waals surface area contributed by atoms with E-state index in [9.17, 15) is 0 Å². The van der Waals surface area contributed by atoms with Crippen molar-refractivity contribution in [2.45, 2.75) is 13.8 Å². The molecule has 0 spiro atoms. The van der Waals surface area contributed by atoms with Gasteiger partial charge in [-0.15, -0.1) is 0 Å². The van der Waals surface area contributed by atoms with Crippen LogP contribution in [-0.4, -0.2) is 36.1 Å². The topological polar surface area (TPSA) is 20.2 Å². The van der Waals surface area contributed by atoms with Crippen LogP contribution in [0, 0.1) is 5.92 Å². The number of aliphatic hydroxyl groups excluding tert-OH is 1. The van der Waals surface area contributed by atoms with Gasteiger partial charge in [0.1, 0.15) is 0 Å². The van der Waals surface area contributed by atoms with Crippen LogP contribution in [0.5, 0.6) is 0 Å². The summed E-state index contributed by atoms with van der Waals surface area (Å²) < 4.78 is 0. The monoisotopic (exact) mass is 195 g/mol. The molecule has 0 saturated heterocycles. The van der Waals surface area contributed by atoms with Crippen molar-refractivity contribution in [2.24, 2.45) is 5.92 Å². The van der Waals surface area contributed by atoms with Crippen molar-refractivity contribution in [3.8, 4) is 0 Å². The molecule has 0 aromatic carbocycles. The average molecular weight is 196 g/mol. The number of hydrogen-bond acceptors (Lipinski definition) is 1. The minimum Gasteiger partial charge on any atom is -0.396 e. The van der Waals surface area contributed by atoms with Crippen LogP contribution < -0.4 is 0 Å². The van der Waals surface area contributed by atoms with Crippen molar-refractivity contribution >= 4 is 24.4 Å². The molecule has 0 bridgehead atoms. The van der Waals surface area contributed by atoms with E-state index in [1.165, 1.54) is 0 Å². The van der Waals surface area contributed by atoms with Crippen LogP contribution in [0.1, 0.15) is 13.8 Å². The Morgan fingerprint density at radius 2 is 1.67 bits per heavy atom. The van der Waals surface area contributed by atoms with Gasteiger partial charge in [-0.05, 0) is 5.92 Å². The Labute approximate surface area is 56.2 Å². The maximum absolute atomic E-state index is 8.14. The van der Waals surface area contributed by atoms with Crippen molar-refractivity contribution in [3.63, 3.8) is 0 Å². The first-order valence-corrected chi connectivity index (χ1v) is 1.88. The fraction of sp³-hybridized carbons (Fsp3) is 1.00. The molecule has 0 rings (SSSR count). The molecule has 0 aromatic rings. The summed E-state index contributed by atoms with van der Waals surface area (Å²) in [7, 11) is 0. The zero-order valence-corrected chi connectivity index (χ0v) is 6.73. The second-order valence-corrected chi connectivity index (χ2v) is 1.58. The Bertz CT molecular complexity index is 21.5. The fourth-order valence-corrected chi connectivity index (χ4v) is 0. The van der Waals surface area contributed by atoms with E-state index in [4.69, 9.17) is 5.11 Å². The van der Waals surface area contributed by atoms with Crippen LogP contribution in [-0.2, 0) is 0 Å². The number of aliphatic hydroxyl groups is 1. The van der Waals surface area contributed by atoms with Crippen LogP contribution in [0.3, 0.4) is 0 Å². The van der Waals surface area contributed by atoms with E-state index in [0.717, 1.165) is 0 Å². The molecule has 0 fully saturated rings. The summed E-state index contributed by atoms with van der Waals surface area (Å²) in [5.74, 6) is 0.440. The molecule has 3 radical (unpaired) electrons. The molecule has 0 aliphatic heterocycles. The number of rotatable bonds is 1. The Kier molecular flexibility index (Phi) is 9.55. The van der Waals surface area contributed by atoms with Gasteiger partial charge in [0, 0.05) is 31.0 Å². The van der Waals surface area contributed by atoms with E-state index in [1.54, 1.807) is 0 Å². The molecule has 0 aromatic heterocycles. The quantitative estimate of drug-likeness (QED) is 0.596. The van der Waals surface area contributed by atoms with E-state index >= 15 is 0 Å². The summed E-state index contributed by atoms with van der Waals surface area (Å²) in [6.07, 6.45) is 0. The maximum Gasteiger partial charge on any atom is 0.0453 e. The zero-order chi connectivity index (χ0) is 4.28. The molecule has 0 heterocycles. The Morgan fingerprint density at radius 3 is 1.67 bits per heavy atom. The molecule has 0 aliphatic carbocycles. The standard InChI is InChI=1S/C4H10O.Sb/c1-4(2)3-5;/h4-5H,3H2,1-2H3;. The van der Waals surface area contributed by atoms with Crippen molar-refractivity contribution < 1.29 is 5.11 Å². The molecule has 0 atom stereocenters. The van der Waals surface area contributed by atoms with Gasteiger partial charge in [-0.3, -0.25) is 0 Å². The minimum atomic E-state index is 0. The van der Waals surface area contributed by atoms with E-state index in [2.05, 4.69) is 0 Å². The molecule has 6 heavy (non-hydrogen) atoms. The first-order valence-electron chi connectivity index (χ1n) is 1.88. The first kappa shape index (κ1) is 9.91. The third-order valence-corrected chi connectivity index (χ3v) is 0.365. The summed E-state index contributed by atoms with van der Waals surface area (Å²) in [5, 5.41) is 8.14. The Morgan fingerprint density at radius 1 is 1.50 bits per heavy atom. The first-order chi connectivity index (χ1) is 2.27. The van der Waals surface area contributed by atoms with E-state index in [1.807, 2.05) is 13.8 Å². The second-order valence-electron chi connectivity index (χ2n) is 1.58. The minimum absolute atomic E-state index is 0. The fourth-order valence-electron chi connectivity index (χ4n) is 0. The van der Waals surface area contributed by atoms with Crippen LogP contribution in [0.2, 0.25) is 0 Å². The Balaban J connectivity index is 0. The van der Waals surface area contributed by atoms with Crippen molar-refractivity contribution in [2.75, 3.05) is 6.61 Å². The Hall–Kier alpha value is 0.778. The van der Waals surface area contributed by atoms with Crippen molar-refractivity contribution in [3.05, 3.63) is 0 Å². The molecular weight excluding hydrogens is 186 g/mol. The van der Waals surface area contributed by atoms with Crippen LogP contribution in [0.25, 0.3) is 0 Å². The predicted molar refractivity (Wildman–Crippen MR) is 27.7 cm³/mol. The third kappa shape index (κ3) is 8.84. The van der Waals surface area contributed by atoms with Crippen molar-refractivity contribution in [1.82, 2.24) is 0 Å². The van der Waals surface area contributed by atoms with Gasteiger partial charge in [-0.25, -0.2) is 0 Å². The van der Waals surface area contributed by atoms with Gasteiger partial charge in [0.2, 0.25) is 0 Å². The molecule has 0 unspecified atom stereocenters. The molecule has 0 saturated carbocycles. The van der Waals surface area contributed by atoms with Gasteiger partial charge in [-0.2, -0.15) is 0 Å². The smallest absolute Gasteiger partial charge is 0.0453 e. The normalized spacial score (nSPS) is 8.00. The van der Waals surface area contributed by atoms with Crippen molar-refractivity contribution in [1.29, 1.82) is 0 Å². The largest absolute Gasteiger partial charge is 0.396 e. The van der Waals surface area contributed by atoms with E-state index < -0.39 is 0 Å². The van der Waals surface area contributed by atoms with Gasteiger partial charge < -0.3 is 5.11 Å². The van der Waals surface area contributed by atoms with E-state index in [-0.39, 0.29) is 24.4 Å². The van der Waals surface area contributed by atoms with Gasteiger partial charge in [0.15, 0.2) is 0 Å². The molecule has 0 amide bonds. The summed E-state index contributed by atoms with van der Waals surface area (Å²) in [6, 6.07) is 0. The molecule has 1 nitrogen and oxygen atoms in total. The zero-order valence-electron chi connectivity index (χ0n) is 4.18. The SMILES string of the molecule is CC(C)CO.[Sb]. The second kappa shape index (κ2) is 5.78. The summed E-state index contributed by atoms with van der Waals surface area (Å²) in [4.78, 5) is 0. The van der Waals surface area contributed by atoms with Gasteiger partial charge in [0.25, 0.3) is 0 Å². The van der Waals surface area contributed by atoms with Gasteiger partial charge >= 0.3 is 0 Å². The molecule has 2 heteroatoms. The van der Waals surface area contributed by atoms with Crippen LogP contribution in [0.4, 0.5) is 0 Å². The molecule has 1 N–H and O–H groups in total. The van der Waals surface area contributed by atoms with Crippen LogP contribution in [0.15, 0.2) is 0 Å². The predicted octanol–water partition coefficient (Wildman–Crippen LogP) is 0.254. The van der Waals surface area contributed by atoms with Gasteiger partial charge in [0.05, 0.1) is 0 Å². The van der Waals surface area contributed by atoms with E-state index in [0.29, 0.717) is 12.5 Å². The van der Waals surface area contributed by atoms with Gasteiger partial charge in [-0.1, -0.05) is 13.8 Å². The summed E-state index contributed by atoms with van der Waals surface area (Å²) in [5.41, 5.74) is 0. The van der Waals surface area contributed by atoms with Crippen LogP contribution >= 0.6 is 0 Å².